The molecule has 1 N–H and O–H groups in total. The number of hydrogen-bond acceptors (Lipinski definition) is 4. The van der Waals surface area contributed by atoms with Gasteiger partial charge in [-0.3, -0.25) is 15.3 Å². The van der Waals surface area contributed by atoms with Crippen molar-refractivity contribution >= 4 is 18.3 Å². The number of rotatable bonds is 4. The second kappa shape index (κ2) is 4.86. The summed E-state index contributed by atoms with van der Waals surface area (Å²) in [5, 5.41) is 0. The van der Waals surface area contributed by atoms with E-state index in [1.807, 2.05) is 47.6 Å². The fourth-order valence-corrected chi connectivity index (χ4v) is 1.06. The van der Waals surface area contributed by atoms with Crippen LogP contribution in [0.25, 0.3) is 0 Å². The lowest BCUT2D eigenvalue weighted by Gasteiger charge is -2.37. The van der Waals surface area contributed by atoms with Gasteiger partial charge in [0.25, 0.3) is 0 Å². The molecule has 0 bridgehead atoms. The molecule has 0 aliphatic rings. The Morgan fingerprint density at radius 3 is 2.29 bits per heavy atom. The van der Waals surface area contributed by atoms with Gasteiger partial charge in [0, 0.05) is 10.4 Å². The quantitative estimate of drug-likeness (QED) is 0.637. The first kappa shape index (κ1) is 14.3. The standard InChI is InChI=1S/C13H22N2OS/c1-9-7-11(8-14-10(9)2)15-16-12(3,4)13(5,6)17/h7-8,15,17H,1-6H3. The number of nitrogens with one attached hydrogen (secondary N) is 1. The lowest BCUT2D eigenvalue weighted by molar-refractivity contribution is -0.00306. The minimum Gasteiger partial charge on any atom is -0.269 e. The average molecular weight is 254 g/mol. The molecule has 3 nitrogen and oxygen atoms in total. The second-order valence-corrected chi connectivity index (χ2v) is 6.52. The fourth-order valence-electron chi connectivity index (χ4n) is 1.01. The van der Waals surface area contributed by atoms with Crippen molar-refractivity contribution in [3.63, 3.8) is 0 Å². The van der Waals surface area contributed by atoms with Crippen LogP contribution in [0, 0.1) is 13.8 Å². The Bertz CT molecular complexity index is 397. The third-order valence-electron chi connectivity index (χ3n) is 3.24. The van der Waals surface area contributed by atoms with Crippen LogP contribution in [0.4, 0.5) is 5.69 Å². The fraction of sp³-hybridized carbons (Fsp3) is 0.615. The van der Waals surface area contributed by atoms with Crippen LogP contribution >= 0.6 is 12.6 Å². The van der Waals surface area contributed by atoms with Crippen molar-refractivity contribution in [3.8, 4) is 0 Å². The summed E-state index contributed by atoms with van der Waals surface area (Å²) in [5.74, 6) is 0. The van der Waals surface area contributed by atoms with Crippen molar-refractivity contribution in [3.05, 3.63) is 23.5 Å². The van der Waals surface area contributed by atoms with Crippen molar-refractivity contribution in [2.45, 2.75) is 51.9 Å². The summed E-state index contributed by atoms with van der Waals surface area (Å²) in [7, 11) is 0. The van der Waals surface area contributed by atoms with Crippen molar-refractivity contribution in [1.29, 1.82) is 0 Å². The normalized spacial score (nSPS) is 12.6. The molecule has 1 aromatic rings. The van der Waals surface area contributed by atoms with E-state index in [0.717, 1.165) is 16.9 Å². The van der Waals surface area contributed by atoms with Crippen molar-refractivity contribution in [2.24, 2.45) is 0 Å². The SMILES string of the molecule is Cc1cc(NOC(C)(C)C(C)(C)S)cnc1C. The Morgan fingerprint density at radius 1 is 1.24 bits per heavy atom. The van der Waals surface area contributed by atoms with Crippen LogP contribution in [0.5, 0.6) is 0 Å². The highest BCUT2D eigenvalue weighted by Gasteiger charge is 2.35. The summed E-state index contributed by atoms with van der Waals surface area (Å²) < 4.78 is -0.243. The van der Waals surface area contributed by atoms with E-state index in [1.165, 1.54) is 0 Å². The molecule has 1 heterocycles. The predicted octanol–water partition coefficient (Wildman–Crippen LogP) is 3.53. The number of anilines is 1. The van der Waals surface area contributed by atoms with Crippen LogP contribution in [-0.4, -0.2) is 15.3 Å². The van der Waals surface area contributed by atoms with Gasteiger partial charge in [-0.1, -0.05) is 0 Å². The Kier molecular flexibility index (Phi) is 4.10. The van der Waals surface area contributed by atoms with Gasteiger partial charge in [-0.2, -0.15) is 12.6 Å². The Hall–Kier alpha value is -0.740. The summed E-state index contributed by atoms with van der Waals surface area (Å²) in [4.78, 5) is 9.99. The smallest absolute Gasteiger partial charge is 0.104 e. The first-order valence-corrected chi connectivity index (χ1v) is 6.18. The van der Waals surface area contributed by atoms with Crippen molar-refractivity contribution in [2.75, 3.05) is 5.48 Å². The third-order valence-corrected chi connectivity index (χ3v) is 3.78. The van der Waals surface area contributed by atoms with E-state index in [4.69, 9.17) is 4.84 Å². The molecule has 0 aliphatic heterocycles. The summed E-state index contributed by atoms with van der Waals surface area (Å²) in [5.41, 5.74) is 5.59. The molecule has 0 spiro atoms. The van der Waals surface area contributed by atoms with Crippen molar-refractivity contribution in [1.82, 2.24) is 4.98 Å². The lowest BCUT2D eigenvalue weighted by Crippen LogP contribution is -2.44. The summed E-state index contributed by atoms with van der Waals surface area (Å²) in [6.45, 7) is 12.1. The van der Waals surface area contributed by atoms with Crippen LogP contribution in [0.1, 0.15) is 39.0 Å². The molecule has 1 rings (SSSR count). The highest BCUT2D eigenvalue weighted by atomic mass is 32.1. The summed E-state index contributed by atoms with van der Waals surface area (Å²) >= 11 is 4.54. The molecule has 0 saturated carbocycles. The zero-order chi connectivity index (χ0) is 13.3. The summed E-state index contributed by atoms with van der Waals surface area (Å²) in [6, 6.07) is 2.02. The largest absolute Gasteiger partial charge is 0.269 e. The van der Waals surface area contributed by atoms with Gasteiger partial charge in [0.15, 0.2) is 0 Å². The lowest BCUT2D eigenvalue weighted by atomic mass is 9.94. The maximum atomic E-state index is 5.71. The molecular formula is C13H22N2OS. The number of aryl methyl sites for hydroxylation is 2. The topological polar surface area (TPSA) is 34.1 Å². The maximum absolute atomic E-state index is 5.71. The zero-order valence-electron chi connectivity index (χ0n) is 11.5. The van der Waals surface area contributed by atoms with Gasteiger partial charge in [0.1, 0.15) is 5.60 Å². The Morgan fingerprint density at radius 2 is 1.82 bits per heavy atom. The Balaban J connectivity index is 2.71. The molecule has 0 aliphatic carbocycles. The minimum atomic E-state index is -0.394. The number of thiol groups is 1. The number of hydrogen-bond donors (Lipinski definition) is 2. The second-order valence-electron chi connectivity index (χ2n) is 5.40. The third kappa shape index (κ3) is 3.61. The average Bonchev–Trinajstić information content (AvgIpc) is 2.18. The molecule has 0 aromatic carbocycles. The first-order chi connectivity index (χ1) is 7.63. The van der Waals surface area contributed by atoms with Gasteiger partial charge < -0.3 is 0 Å². The predicted molar refractivity (Wildman–Crippen MR) is 75.6 cm³/mol. The highest BCUT2D eigenvalue weighted by Crippen LogP contribution is 2.31. The van der Waals surface area contributed by atoms with E-state index in [-0.39, 0.29) is 4.75 Å². The van der Waals surface area contributed by atoms with E-state index in [9.17, 15) is 0 Å². The molecule has 17 heavy (non-hydrogen) atoms. The molecule has 0 radical (unpaired) electrons. The van der Waals surface area contributed by atoms with Crippen LogP contribution in [0.2, 0.25) is 0 Å². The van der Waals surface area contributed by atoms with Crippen LogP contribution < -0.4 is 5.48 Å². The molecule has 0 saturated heterocycles. The van der Waals surface area contributed by atoms with Gasteiger partial charge in [-0.15, -0.1) is 0 Å². The van der Waals surface area contributed by atoms with Gasteiger partial charge in [-0.05, 0) is 53.2 Å². The molecule has 0 atom stereocenters. The molecule has 96 valence electrons. The number of aromatic nitrogens is 1. The van der Waals surface area contributed by atoms with Gasteiger partial charge >= 0.3 is 0 Å². The van der Waals surface area contributed by atoms with Crippen molar-refractivity contribution < 1.29 is 4.84 Å². The molecule has 1 aromatic heterocycles. The van der Waals surface area contributed by atoms with Crippen LogP contribution in [-0.2, 0) is 4.84 Å². The van der Waals surface area contributed by atoms with Crippen LogP contribution in [0.15, 0.2) is 12.3 Å². The maximum Gasteiger partial charge on any atom is 0.104 e. The van der Waals surface area contributed by atoms with E-state index >= 15 is 0 Å². The molecule has 0 fully saturated rings. The van der Waals surface area contributed by atoms with Gasteiger partial charge in [0.05, 0.1) is 11.9 Å². The number of nitrogens with zero attached hydrogens (tertiary/aromatic N) is 1. The summed E-state index contributed by atoms with van der Waals surface area (Å²) in [6.07, 6.45) is 1.77. The number of pyridine rings is 1. The highest BCUT2D eigenvalue weighted by molar-refractivity contribution is 7.81. The van der Waals surface area contributed by atoms with E-state index in [1.54, 1.807) is 6.20 Å². The van der Waals surface area contributed by atoms with E-state index in [2.05, 4.69) is 23.1 Å². The van der Waals surface area contributed by atoms with Gasteiger partial charge in [-0.25, -0.2) is 0 Å². The minimum absolute atomic E-state index is 0.243. The monoisotopic (exact) mass is 254 g/mol. The zero-order valence-corrected chi connectivity index (χ0v) is 12.4. The molecular weight excluding hydrogens is 232 g/mol. The first-order valence-electron chi connectivity index (χ1n) is 5.73. The van der Waals surface area contributed by atoms with E-state index < -0.39 is 5.60 Å². The van der Waals surface area contributed by atoms with Gasteiger partial charge in [0.2, 0.25) is 0 Å². The van der Waals surface area contributed by atoms with E-state index in [0.29, 0.717) is 0 Å². The van der Waals surface area contributed by atoms with Crippen LogP contribution in [0.3, 0.4) is 0 Å². The molecule has 0 unspecified atom stereocenters. The molecule has 4 heteroatoms. The Labute approximate surface area is 109 Å². The molecule has 0 amide bonds.